The molecule has 5 nitrogen and oxygen atoms in total. The number of likely N-dealkylation sites (tertiary alicyclic amines) is 1. The lowest BCUT2D eigenvalue weighted by molar-refractivity contribution is 0.241. The van der Waals surface area contributed by atoms with Crippen LogP contribution in [-0.2, 0) is 10.0 Å². The predicted octanol–water partition coefficient (Wildman–Crippen LogP) is 3.60. The van der Waals surface area contributed by atoms with Gasteiger partial charge in [-0.25, -0.2) is 17.5 Å². The Morgan fingerprint density at radius 2 is 1.89 bits per heavy atom. The summed E-state index contributed by atoms with van der Waals surface area (Å²) < 4.78 is 47.9. The van der Waals surface area contributed by atoms with Gasteiger partial charge < -0.3 is 4.74 Å². The van der Waals surface area contributed by atoms with E-state index in [2.05, 4.69) is 9.62 Å². The first kappa shape index (κ1) is 20.1. The van der Waals surface area contributed by atoms with Crippen LogP contribution in [-0.4, -0.2) is 40.1 Å². The minimum absolute atomic E-state index is 0.0149. The summed E-state index contributed by atoms with van der Waals surface area (Å²) in [5.74, 6) is -0.178. The monoisotopic (exact) mass is 412 g/mol. The van der Waals surface area contributed by atoms with E-state index < -0.39 is 21.9 Å². The van der Waals surface area contributed by atoms with Gasteiger partial charge in [-0.05, 0) is 50.2 Å². The Labute approximate surface area is 164 Å². The third-order valence-electron chi connectivity index (χ3n) is 4.74. The number of methoxy groups -OCH3 is 1. The molecular weight excluding hydrogens is 391 g/mol. The second kappa shape index (κ2) is 8.56. The Hall–Kier alpha value is -1.67. The van der Waals surface area contributed by atoms with Crippen molar-refractivity contribution in [2.75, 3.05) is 26.7 Å². The van der Waals surface area contributed by atoms with Crippen LogP contribution in [0.15, 0.2) is 47.4 Å². The van der Waals surface area contributed by atoms with E-state index in [1.807, 2.05) is 0 Å². The van der Waals surface area contributed by atoms with E-state index in [0.717, 1.165) is 25.9 Å². The van der Waals surface area contributed by atoms with Crippen LogP contribution in [0.25, 0.3) is 0 Å². The lowest BCUT2D eigenvalue weighted by Gasteiger charge is -2.29. The fourth-order valence-corrected chi connectivity index (χ4v) is 4.90. The van der Waals surface area contributed by atoms with Crippen LogP contribution in [0.1, 0.15) is 24.4 Å². The summed E-state index contributed by atoms with van der Waals surface area (Å²) >= 11 is 6.25. The lowest BCUT2D eigenvalue weighted by atomic mass is 10.0. The van der Waals surface area contributed by atoms with Crippen LogP contribution in [0.2, 0.25) is 5.02 Å². The summed E-state index contributed by atoms with van der Waals surface area (Å²) in [6.07, 6.45) is 1.98. The van der Waals surface area contributed by atoms with Crippen LogP contribution >= 0.6 is 11.6 Å². The molecule has 8 heteroatoms. The van der Waals surface area contributed by atoms with Crippen molar-refractivity contribution in [1.29, 1.82) is 0 Å². The lowest BCUT2D eigenvalue weighted by Crippen LogP contribution is -2.37. The Kier molecular flexibility index (Phi) is 6.37. The Balaban J connectivity index is 1.89. The largest absolute Gasteiger partial charge is 0.495 e. The zero-order chi connectivity index (χ0) is 19.4. The third kappa shape index (κ3) is 4.43. The third-order valence-corrected chi connectivity index (χ3v) is 6.53. The molecule has 27 heavy (non-hydrogen) atoms. The molecule has 0 saturated carbocycles. The molecule has 2 aromatic rings. The predicted molar refractivity (Wildman–Crippen MR) is 103 cm³/mol. The zero-order valence-electron chi connectivity index (χ0n) is 15.0. The van der Waals surface area contributed by atoms with Gasteiger partial charge in [0.15, 0.2) is 0 Å². The molecule has 146 valence electrons. The van der Waals surface area contributed by atoms with Crippen LogP contribution in [0.3, 0.4) is 0 Å². The van der Waals surface area contributed by atoms with Gasteiger partial charge in [0.1, 0.15) is 16.5 Å². The average molecular weight is 413 g/mol. The van der Waals surface area contributed by atoms with E-state index >= 15 is 0 Å². The van der Waals surface area contributed by atoms with Gasteiger partial charge in [0.05, 0.1) is 13.2 Å². The summed E-state index contributed by atoms with van der Waals surface area (Å²) in [4.78, 5) is 2.11. The second-order valence-corrected chi connectivity index (χ2v) is 8.54. The second-order valence-electron chi connectivity index (χ2n) is 6.40. The maximum absolute atomic E-state index is 14.5. The van der Waals surface area contributed by atoms with Gasteiger partial charge >= 0.3 is 0 Å². The minimum Gasteiger partial charge on any atom is -0.495 e. The van der Waals surface area contributed by atoms with Crippen LogP contribution in [0.5, 0.6) is 5.75 Å². The number of hydrogen-bond acceptors (Lipinski definition) is 4. The SMILES string of the molecule is COc1ccccc1S(=O)(=O)NCC(c1c(F)cccc1Cl)N1CCCC1. The standard InChI is InChI=1S/C19H22ClFN2O3S/c1-26-17-9-2-3-10-18(17)27(24,25)22-13-16(23-11-4-5-12-23)19-14(20)7-6-8-15(19)21/h2-3,6-10,16,22H,4-5,11-13H2,1H3. The van der Waals surface area contributed by atoms with Crippen molar-refractivity contribution in [3.8, 4) is 5.75 Å². The van der Waals surface area contributed by atoms with Crippen molar-refractivity contribution < 1.29 is 17.5 Å². The number of benzene rings is 2. The van der Waals surface area contributed by atoms with Crippen molar-refractivity contribution in [2.24, 2.45) is 0 Å². The number of halogens is 2. The van der Waals surface area contributed by atoms with Gasteiger partial charge in [0.2, 0.25) is 10.0 Å². The summed E-state index contributed by atoms with van der Waals surface area (Å²) in [5, 5.41) is 0.295. The van der Waals surface area contributed by atoms with Crippen molar-refractivity contribution in [1.82, 2.24) is 9.62 Å². The molecule has 1 heterocycles. The number of hydrogen-bond donors (Lipinski definition) is 1. The summed E-state index contributed by atoms with van der Waals surface area (Å²) in [6, 6.07) is 10.4. The first-order valence-corrected chi connectivity index (χ1v) is 10.6. The highest BCUT2D eigenvalue weighted by Crippen LogP contribution is 2.32. The van der Waals surface area contributed by atoms with E-state index in [1.165, 1.54) is 19.2 Å². The number of para-hydroxylation sites is 1. The highest BCUT2D eigenvalue weighted by Gasteiger charge is 2.30. The molecule has 1 atom stereocenters. The van der Waals surface area contributed by atoms with Crippen molar-refractivity contribution >= 4 is 21.6 Å². The van der Waals surface area contributed by atoms with Gasteiger partial charge in [-0.3, -0.25) is 4.90 Å². The molecule has 1 aliphatic rings. The zero-order valence-corrected chi connectivity index (χ0v) is 16.6. The molecule has 0 spiro atoms. The summed E-state index contributed by atoms with van der Waals surface area (Å²) in [7, 11) is -2.41. The van der Waals surface area contributed by atoms with Crippen LogP contribution in [0, 0.1) is 5.82 Å². The topological polar surface area (TPSA) is 58.6 Å². The molecule has 0 amide bonds. The Bertz CT molecular complexity index is 881. The van der Waals surface area contributed by atoms with Crippen LogP contribution in [0.4, 0.5) is 4.39 Å². The van der Waals surface area contributed by atoms with Crippen molar-refractivity contribution in [2.45, 2.75) is 23.8 Å². The van der Waals surface area contributed by atoms with Crippen molar-refractivity contribution in [3.05, 3.63) is 58.9 Å². The number of sulfonamides is 1. The quantitative estimate of drug-likeness (QED) is 0.754. The smallest absolute Gasteiger partial charge is 0.244 e. The molecule has 1 unspecified atom stereocenters. The number of nitrogens with one attached hydrogen (secondary N) is 1. The Morgan fingerprint density at radius 3 is 2.56 bits per heavy atom. The fraction of sp³-hybridized carbons (Fsp3) is 0.368. The fourth-order valence-electron chi connectivity index (χ4n) is 3.40. The molecule has 1 fully saturated rings. The summed E-state index contributed by atoms with van der Waals surface area (Å²) in [5.41, 5.74) is 0.323. The number of nitrogens with zero attached hydrogens (tertiary/aromatic N) is 1. The molecule has 0 bridgehead atoms. The first-order valence-electron chi connectivity index (χ1n) is 8.74. The van der Waals surface area contributed by atoms with Gasteiger partial charge in [-0.15, -0.1) is 0 Å². The minimum atomic E-state index is -3.83. The normalized spacial score (nSPS) is 16.4. The number of rotatable bonds is 7. The molecule has 0 aliphatic carbocycles. The molecular formula is C19H22ClFN2O3S. The first-order chi connectivity index (χ1) is 12.9. The molecule has 1 aliphatic heterocycles. The van der Waals surface area contributed by atoms with Gasteiger partial charge in [-0.1, -0.05) is 29.8 Å². The highest BCUT2D eigenvalue weighted by atomic mass is 35.5. The van der Waals surface area contributed by atoms with Gasteiger partial charge in [0.25, 0.3) is 0 Å². The molecule has 2 aromatic carbocycles. The summed E-state index contributed by atoms with van der Waals surface area (Å²) in [6.45, 7) is 1.55. The molecule has 0 radical (unpaired) electrons. The van der Waals surface area contributed by atoms with E-state index in [4.69, 9.17) is 16.3 Å². The average Bonchev–Trinajstić information content (AvgIpc) is 3.18. The van der Waals surface area contributed by atoms with Crippen molar-refractivity contribution in [3.63, 3.8) is 0 Å². The van der Waals surface area contributed by atoms with E-state index in [9.17, 15) is 12.8 Å². The number of ether oxygens (including phenoxy) is 1. The van der Waals surface area contributed by atoms with Gasteiger partial charge in [-0.2, -0.15) is 0 Å². The van der Waals surface area contributed by atoms with E-state index in [-0.39, 0.29) is 17.2 Å². The molecule has 3 rings (SSSR count). The molecule has 1 saturated heterocycles. The van der Waals surface area contributed by atoms with Gasteiger partial charge in [0, 0.05) is 17.1 Å². The maximum atomic E-state index is 14.5. The van der Waals surface area contributed by atoms with Crippen LogP contribution < -0.4 is 9.46 Å². The Morgan fingerprint density at radius 1 is 1.19 bits per heavy atom. The molecule has 1 N–H and O–H groups in total. The maximum Gasteiger partial charge on any atom is 0.244 e. The molecule has 0 aromatic heterocycles. The highest BCUT2D eigenvalue weighted by molar-refractivity contribution is 7.89. The van der Waals surface area contributed by atoms with E-state index in [0.29, 0.717) is 10.6 Å². The van der Waals surface area contributed by atoms with E-state index in [1.54, 1.807) is 30.3 Å².